The smallest absolute Gasteiger partial charge is 0.315 e. The Morgan fingerprint density at radius 3 is 2.55 bits per heavy atom. The molecule has 3 aliphatic heterocycles. The van der Waals surface area contributed by atoms with Crippen molar-refractivity contribution in [3.8, 4) is 0 Å². The number of carbonyl (C=O) groups is 2. The third-order valence-electron chi connectivity index (χ3n) is 8.85. The minimum atomic E-state index is -0.0473. The second-order valence-corrected chi connectivity index (χ2v) is 12.8. The van der Waals surface area contributed by atoms with Crippen LogP contribution in [-0.2, 0) is 19.0 Å². The summed E-state index contributed by atoms with van der Waals surface area (Å²) in [6.07, 6.45) is 11.4. The second kappa shape index (κ2) is 17.1. The summed E-state index contributed by atoms with van der Waals surface area (Å²) in [4.78, 5) is 23.5. The Morgan fingerprint density at radius 2 is 1.77 bits per heavy atom. The molecule has 0 bridgehead atoms. The van der Waals surface area contributed by atoms with Crippen LogP contribution in [0.2, 0.25) is 0 Å². The van der Waals surface area contributed by atoms with Crippen LogP contribution >= 0.6 is 11.8 Å². The summed E-state index contributed by atoms with van der Waals surface area (Å²) >= 11 is 1.92. The third kappa shape index (κ3) is 9.71. The third-order valence-corrected chi connectivity index (χ3v) is 10.4. The number of nitrogens with one attached hydrogen (secondary N) is 5. The van der Waals surface area contributed by atoms with Crippen molar-refractivity contribution >= 4 is 23.7 Å². The summed E-state index contributed by atoms with van der Waals surface area (Å²) in [6.45, 7) is 8.01. The van der Waals surface area contributed by atoms with Crippen LogP contribution in [0.5, 0.6) is 0 Å². The highest BCUT2D eigenvalue weighted by atomic mass is 32.2. The average molecular weight is 585 g/mol. The van der Waals surface area contributed by atoms with Gasteiger partial charge in [-0.3, -0.25) is 4.79 Å². The van der Waals surface area contributed by atoms with Gasteiger partial charge >= 0.3 is 6.03 Å². The minimum absolute atomic E-state index is 0.0473. The van der Waals surface area contributed by atoms with Crippen LogP contribution in [0.25, 0.3) is 0 Å². The van der Waals surface area contributed by atoms with Gasteiger partial charge in [-0.15, -0.1) is 0 Å². The van der Waals surface area contributed by atoms with Gasteiger partial charge in [-0.05, 0) is 38.0 Å². The van der Waals surface area contributed by atoms with Gasteiger partial charge in [-0.1, -0.05) is 32.6 Å². The molecule has 4 aliphatic rings. The Morgan fingerprint density at radius 1 is 1.02 bits per heavy atom. The molecule has 0 aromatic rings. The fourth-order valence-electron chi connectivity index (χ4n) is 6.46. The summed E-state index contributed by atoms with van der Waals surface area (Å²) < 4.78 is 16.9. The molecule has 4 atom stereocenters. The molecule has 0 radical (unpaired) electrons. The van der Waals surface area contributed by atoms with E-state index in [0.29, 0.717) is 57.9 Å². The second-order valence-electron chi connectivity index (χ2n) is 11.6. The van der Waals surface area contributed by atoms with E-state index in [9.17, 15) is 9.59 Å². The van der Waals surface area contributed by atoms with Crippen molar-refractivity contribution in [1.82, 2.24) is 31.9 Å². The lowest BCUT2D eigenvalue weighted by Gasteiger charge is -2.38. The SMILES string of the molecule is CCC1(C2CCCCC2)CN(CCOCCOCCOCCNC(=O)CCCC[C@@H]2SCC3NC(=O)NC32)NN1. The number of hydrazine groups is 2. The van der Waals surface area contributed by atoms with Crippen LogP contribution < -0.4 is 26.9 Å². The van der Waals surface area contributed by atoms with Gasteiger partial charge in [-0.25, -0.2) is 15.2 Å². The molecule has 12 heteroatoms. The highest BCUT2D eigenvalue weighted by Gasteiger charge is 2.43. The van der Waals surface area contributed by atoms with E-state index < -0.39 is 0 Å². The zero-order valence-corrected chi connectivity index (χ0v) is 25.2. The number of ether oxygens (including phenoxy) is 3. The highest BCUT2D eigenvalue weighted by molar-refractivity contribution is 8.00. The van der Waals surface area contributed by atoms with Gasteiger partial charge in [0.05, 0.1) is 57.3 Å². The molecule has 3 saturated heterocycles. The Kier molecular flexibility index (Phi) is 13.6. The lowest BCUT2D eigenvalue weighted by atomic mass is 9.73. The molecule has 4 fully saturated rings. The Balaban J connectivity index is 0.890. The molecular weight excluding hydrogens is 532 g/mol. The number of fused-ring (bicyclic) bond motifs is 1. The van der Waals surface area contributed by atoms with Crippen molar-refractivity contribution < 1.29 is 23.8 Å². The number of rotatable bonds is 19. The molecule has 3 unspecified atom stereocenters. The minimum Gasteiger partial charge on any atom is -0.378 e. The standard InChI is InChI=1S/C28H52N6O5S/c1-2-28(22-8-4-3-5-9-22)21-34(33-32-28)13-15-38-17-19-39-18-16-37-14-12-29-25(35)11-7-6-10-24-26-23(20-40-24)30-27(36)31-26/h22-24,26,32-33H,2-21H2,1H3,(H,29,35)(H2,30,31,36)/t23?,24-,26?,28?/m0/s1. The lowest BCUT2D eigenvalue weighted by Crippen LogP contribution is -2.51. The van der Waals surface area contributed by atoms with Crippen LogP contribution in [-0.4, -0.2) is 105 Å². The van der Waals surface area contributed by atoms with Crippen molar-refractivity contribution in [2.45, 2.75) is 94.0 Å². The van der Waals surface area contributed by atoms with E-state index in [-0.39, 0.29) is 29.6 Å². The molecule has 3 heterocycles. The van der Waals surface area contributed by atoms with Gasteiger partial charge in [0.25, 0.3) is 0 Å². The Bertz CT molecular complexity index is 775. The molecule has 0 aromatic heterocycles. The maximum Gasteiger partial charge on any atom is 0.315 e. The number of carbonyl (C=O) groups excluding carboxylic acids is 2. The summed E-state index contributed by atoms with van der Waals surface area (Å²) in [5.41, 5.74) is 7.19. The molecular formula is C28H52N6O5S. The molecule has 4 rings (SSSR count). The first-order chi connectivity index (χ1) is 19.6. The van der Waals surface area contributed by atoms with E-state index in [0.717, 1.165) is 50.4 Å². The normalized spacial score (nSPS) is 28.9. The summed E-state index contributed by atoms with van der Waals surface area (Å²) in [5, 5.41) is 11.6. The van der Waals surface area contributed by atoms with E-state index in [1.807, 2.05) is 11.8 Å². The summed E-state index contributed by atoms with van der Waals surface area (Å²) in [7, 11) is 0. The van der Waals surface area contributed by atoms with E-state index in [1.54, 1.807) is 0 Å². The van der Waals surface area contributed by atoms with Crippen molar-refractivity contribution in [1.29, 1.82) is 0 Å². The number of nitrogens with zero attached hydrogens (tertiary/aromatic N) is 1. The molecule has 40 heavy (non-hydrogen) atoms. The van der Waals surface area contributed by atoms with Crippen LogP contribution in [0.15, 0.2) is 0 Å². The first kappa shape index (κ1) is 31.8. The number of amides is 3. The summed E-state index contributed by atoms with van der Waals surface area (Å²) in [5.74, 6) is 1.81. The van der Waals surface area contributed by atoms with Gasteiger partial charge in [0, 0.05) is 37.1 Å². The maximum atomic E-state index is 12.0. The molecule has 1 saturated carbocycles. The number of hydrogen-bond donors (Lipinski definition) is 5. The topological polar surface area (TPSA) is 125 Å². The number of thioether (sulfide) groups is 1. The van der Waals surface area contributed by atoms with Crippen LogP contribution in [0.3, 0.4) is 0 Å². The molecule has 230 valence electrons. The molecule has 11 nitrogen and oxygen atoms in total. The Hall–Kier alpha value is -1.15. The molecule has 0 aromatic carbocycles. The van der Waals surface area contributed by atoms with Crippen LogP contribution in [0.1, 0.15) is 71.1 Å². The van der Waals surface area contributed by atoms with Crippen LogP contribution in [0, 0.1) is 5.92 Å². The average Bonchev–Trinajstić information content (AvgIpc) is 3.67. The Labute approximate surface area is 244 Å². The first-order valence-corrected chi connectivity index (χ1v) is 16.6. The number of unbranched alkanes of at least 4 members (excludes halogenated alkanes) is 1. The predicted octanol–water partition coefficient (Wildman–Crippen LogP) is 1.93. The highest BCUT2D eigenvalue weighted by Crippen LogP contribution is 2.36. The predicted molar refractivity (Wildman–Crippen MR) is 157 cm³/mol. The lowest BCUT2D eigenvalue weighted by molar-refractivity contribution is -0.121. The zero-order valence-electron chi connectivity index (χ0n) is 24.3. The van der Waals surface area contributed by atoms with E-state index in [4.69, 9.17) is 14.2 Å². The number of urea groups is 1. The molecule has 5 N–H and O–H groups in total. The fourth-order valence-corrected chi connectivity index (χ4v) is 8.01. The molecule has 1 aliphatic carbocycles. The van der Waals surface area contributed by atoms with Gasteiger partial charge < -0.3 is 30.2 Å². The van der Waals surface area contributed by atoms with Crippen molar-refractivity contribution in [2.75, 3.05) is 65.0 Å². The van der Waals surface area contributed by atoms with Crippen LogP contribution in [0.4, 0.5) is 4.79 Å². The van der Waals surface area contributed by atoms with Gasteiger partial charge in [0.2, 0.25) is 5.91 Å². The molecule has 3 amide bonds. The quantitative estimate of drug-likeness (QED) is 0.114. The summed E-state index contributed by atoms with van der Waals surface area (Å²) in [6, 6.07) is 0.453. The van der Waals surface area contributed by atoms with Gasteiger partial charge in [0.1, 0.15) is 0 Å². The van der Waals surface area contributed by atoms with Gasteiger partial charge in [-0.2, -0.15) is 17.3 Å². The van der Waals surface area contributed by atoms with Crippen molar-refractivity contribution in [2.24, 2.45) is 5.92 Å². The zero-order chi connectivity index (χ0) is 28.0. The van der Waals surface area contributed by atoms with E-state index >= 15 is 0 Å². The first-order valence-electron chi connectivity index (χ1n) is 15.6. The number of hydrogen-bond acceptors (Lipinski definition) is 9. The van der Waals surface area contributed by atoms with Crippen molar-refractivity contribution in [3.05, 3.63) is 0 Å². The van der Waals surface area contributed by atoms with E-state index in [1.165, 1.54) is 32.1 Å². The largest absolute Gasteiger partial charge is 0.378 e. The monoisotopic (exact) mass is 584 g/mol. The molecule has 0 spiro atoms. The maximum absolute atomic E-state index is 12.0. The van der Waals surface area contributed by atoms with E-state index in [2.05, 4.69) is 38.8 Å². The van der Waals surface area contributed by atoms with Crippen molar-refractivity contribution in [3.63, 3.8) is 0 Å². The fraction of sp³-hybridized carbons (Fsp3) is 0.929. The van der Waals surface area contributed by atoms with Gasteiger partial charge in [0.15, 0.2) is 0 Å².